The second kappa shape index (κ2) is 6.79. The van der Waals surface area contributed by atoms with E-state index in [4.69, 9.17) is 5.73 Å². The van der Waals surface area contributed by atoms with Gasteiger partial charge in [-0.05, 0) is 24.3 Å². The zero-order valence-electron chi connectivity index (χ0n) is 9.82. The van der Waals surface area contributed by atoms with Gasteiger partial charge in [0.2, 0.25) is 5.91 Å². The predicted octanol–water partition coefficient (Wildman–Crippen LogP) is 2.73. The van der Waals surface area contributed by atoms with E-state index >= 15 is 0 Å². The van der Waals surface area contributed by atoms with Gasteiger partial charge in [0.05, 0.1) is 6.54 Å². The van der Waals surface area contributed by atoms with Crippen LogP contribution in [0.15, 0.2) is 60.7 Å². The Hall–Kier alpha value is -1.84. The molecule has 2 N–H and O–H groups in total. The standard InChI is InChI=1S/C14H14N2O.ClH/c15-11-14(17)16(12-7-3-1-4-8-12)13-9-5-2-6-10-13;/h1-10H,11,15H2;1H. The molecule has 2 rings (SSSR count). The third kappa shape index (κ3) is 3.09. The number of nitrogens with zero attached hydrogens (tertiary/aromatic N) is 1. The number of nitrogens with two attached hydrogens (primary N) is 1. The summed E-state index contributed by atoms with van der Waals surface area (Å²) in [6.45, 7) is -0.0101. The minimum Gasteiger partial charge on any atom is -0.322 e. The van der Waals surface area contributed by atoms with Crippen molar-refractivity contribution in [3.8, 4) is 0 Å². The van der Waals surface area contributed by atoms with Gasteiger partial charge in [-0.3, -0.25) is 9.69 Å². The van der Waals surface area contributed by atoms with Crippen LogP contribution >= 0.6 is 12.4 Å². The molecular formula is C14H15ClN2O. The summed E-state index contributed by atoms with van der Waals surface area (Å²) in [5.41, 5.74) is 7.11. The van der Waals surface area contributed by atoms with Crippen molar-refractivity contribution < 1.29 is 4.79 Å². The Balaban J connectivity index is 0.00000162. The van der Waals surface area contributed by atoms with Crippen LogP contribution in [0.2, 0.25) is 0 Å². The average molecular weight is 263 g/mol. The van der Waals surface area contributed by atoms with E-state index in [1.54, 1.807) is 4.90 Å². The highest BCUT2D eigenvalue weighted by Gasteiger charge is 2.15. The highest BCUT2D eigenvalue weighted by atomic mass is 35.5. The molecule has 0 aliphatic carbocycles. The first-order chi connectivity index (χ1) is 8.33. The molecule has 94 valence electrons. The van der Waals surface area contributed by atoms with Crippen LogP contribution in [0.5, 0.6) is 0 Å². The lowest BCUT2D eigenvalue weighted by molar-refractivity contribution is -0.116. The summed E-state index contributed by atoms with van der Waals surface area (Å²) < 4.78 is 0. The molecule has 0 aliphatic rings. The molecule has 0 saturated heterocycles. The summed E-state index contributed by atoms with van der Waals surface area (Å²) in [4.78, 5) is 13.5. The number of anilines is 2. The van der Waals surface area contributed by atoms with E-state index in [9.17, 15) is 4.79 Å². The van der Waals surface area contributed by atoms with Crippen molar-refractivity contribution in [2.45, 2.75) is 0 Å². The molecule has 4 heteroatoms. The Kier molecular flexibility index (Phi) is 5.36. The van der Waals surface area contributed by atoms with E-state index in [0.29, 0.717) is 0 Å². The summed E-state index contributed by atoms with van der Waals surface area (Å²) in [6, 6.07) is 19.0. The van der Waals surface area contributed by atoms with Crippen LogP contribution in [0.4, 0.5) is 11.4 Å². The SMILES string of the molecule is Cl.NCC(=O)N(c1ccccc1)c1ccccc1. The monoisotopic (exact) mass is 262 g/mol. The fraction of sp³-hybridized carbons (Fsp3) is 0.0714. The van der Waals surface area contributed by atoms with Crippen LogP contribution in [-0.2, 0) is 4.79 Å². The number of hydrogen-bond acceptors (Lipinski definition) is 2. The molecule has 0 bridgehead atoms. The van der Waals surface area contributed by atoms with E-state index in [1.165, 1.54) is 0 Å². The molecule has 0 unspecified atom stereocenters. The smallest absolute Gasteiger partial charge is 0.245 e. The van der Waals surface area contributed by atoms with Crippen LogP contribution in [0.25, 0.3) is 0 Å². The van der Waals surface area contributed by atoms with E-state index < -0.39 is 0 Å². The number of rotatable bonds is 3. The lowest BCUT2D eigenvalue weighted by Gasteiger charge is -2.22. The van der Waals surface area contributed by atoms with Crippen LogP contribution in [0, 0.1) is 0 Å². The normalized spacial score (nSPS) is 9.39. The minimum atomic E-state index is -0.123. The molecular weight excluding hydrogens is 248 g/mol. The molecule has 2 aromatic rings. The maximum absolute atomic E-state index is 11.9. The Morgan fingerprint density at radius 1 is 0.889 bits per heavy atom. The number of carbonyl (C=O) groups excluding carboxylic acids is 1. The highest BCUT2D eigenvalue weighted by molar-refractivity contribution is 6.01. The van der Waals surface area contributed by atoms with Crippen molar-refractivity contribution in [2.24, 2.45) is 5.73 Å². The van der Waals surface area contributed by atoms with E-state index in [-0.39, 0.29) is 24.9 Å². The Labute approximate surface area is 113 Å². The Bertz CT molecular complexity index is 448. The fourth-order valence-corrected chi connectivity index (χ4v) is 1.68. The number of hydrogen-bond donors (Lipinski definition) is 1. The number of halogens is 1. The van der Waals surface area contributed by atoms with Crippen LogP contribution in [0.1, 0.15) is 0 Å². The summed E-state index contributed by atoms with van der Waals surface area (Å²) >= 11 is 0. The average Bonchev–Trinajstić information content (AvgIpc) is 2.41. The summed E-state index contributed by atoms with van der Waals surface area (Å²) in [5, 5.41) is 0. The van der Waals surface area contributed by atoms with Gasteiger partial charge in [-0.25, -0.2) is 0 Å². The van der Waals surface area contributed by atoms with Crippen molar-refractivity contribution in [3.05, 3.63) is 60.7 Å². The third-order valence-corrected chi connectivity index (χ3v) is 2.45. The van der Waals surface area contributed by atoms with Gasteiger partial charge in [-0.1, -0.05) is 36.4 Å². The Morgan fingerprint density at radius 3 is 1.61 bits per heavy atom. The molecule has 0 heterocycles. The van der Waals surface area contributed by atoms with E-state index in [1.807, 2.05) is 60.7 Å². The van der Waals surface area contributed by atoms with E-state index in [2.05, 4.69) is 0 Å². The van der Waals surface area contributed by atoms with Gasteiger partial charge < -0.3 is 5.73 Å². The predicted molar refractivity (Wildman–Crippen MR) is 76.3 cm³/mol. The number of carbonyl (C=O) groups is 1. The maximum atomic E-state index is 11.9. The van der Waals surface area contributed by atoms with Crippen molar-refractivity contribution >= 4 is 29.7 Å². The zero-order chi connectivity index (χ0) is 12.1. The van der Waals surface area contributed by atoms with Crippen molar-refractivity contribution in [3.63, 3.8) is 0 Å². The number of benzene rings is 2. The molecule has 0 atom stereocenters. The van der Waals surface area contributed by atoms with Crippen LogP contribution in [0.3, 0.4) is 0 Å². The quantitative estimate of drug-likeness (QED) is 0.925. The van der Waals surface area contributed by atoms with Gasteiger partial charge in [0.25, 0.3) is 0 Å². The molecule has 0 saturated carbocycles. The van der Waals surface area contributed by atoms with Crippen molar-refractivity contribution in [2.75, 3.05) is 11.4 Å². The lowest BCUT2D eigenvalue weighted by atomic mass is 10.2. The third-order valence-electron chi connectivity index (χ3n) is 2.45. The highest BCUT2D eigenvalue weighted by Crippen LogP contribution is 2.24. The summed E-state index contributed by atoms with van der Waals surface area (Å²) in [5.74, 6) is -0.123. The van der Waals surface area contributed by atoms with Crippen molar-refractivity contribution in [1.82, 2.24) is 0 Å². The zero-order valence-corrected chi connectivity index (χ0v) is 10.6. The number of para-hydroxylation sites is 2. The van der Waals surface area contributed by atoms with Crippen molar-refractivity contribution in [1.29, 1.82) is 0 Å². The van der Waals surface area contributed by atoms with Gasteiger partial charge >= 0.3 is 0 Å². The molecule has 0 spiro atoms. The van der Waals surface area contributed by atoms with Gasteiger partial charge in [0, 0.05) is 11.4 Å². The maximum Gasteiger partial charge on any atom is 0.245 e. The lowest BCUT2D eigenvalue weighted by Crippen LogP contribution is -2.32. The first-order valence-corrected chi connectivity index (χ1v) is 5.46. The van der Waals surface area contributed by atoms with Gasteiger partial charge in [0.15, 0.2) is 0 Å². The topological polar surface area (TPSA) is 46.3 Å². The molecule has 0 aromatic heterocycles. The molecule has 18 heavy (non-hydrogen) atoms. The molecule has 0 radical (unpaired) electrons. The molecule has 0 fully saturated rings. The van der Waals surface area contributed by atoms with Gasteiger partial charge in [-0.15, -0.1) is 12.4 Å². The van der Waals surface area contributed by atoms with Gasteiger partial charge in [-0.2, -0.15) is 0 Å². The summed E-state index contributed by atoms with van der Waals surface area (Å²) in [6.07, 6.45) is 0. The van der Waals surface area contributed by atoms with Gasteiger partial charge in [0.1, 0.15) is 0 Å². The second-order valence-electron chi connectivity index (χ2n) is 3.60. The van der Waals surface area contributed by atoms with Crippen LogP contribution < -0.4 is 10.6 Å². The fourth-order valence-electron chi connectivity index (χ4n) is 1.68. The summed E-state index contributed by atoms with van der Waals surface area (Å²) in [7, 11) is 0. The van der Waals surface area contributed by atoms with E-state index in [0.717, 1.165) is 11.4 Å². The largest absolute Gasteiger partial charge is 0.322 e. The van der Waals surface area contributed by atoms with Crippen LogP contribution in [-0.4, -0.2) is 12.5 Å². The first-order valence-electron chi connectivity index (χ1n) is 5.46. The second-order valence-corrected chi connectivity index (χ2v) is 3.60. The minimum absolute atomic E-state index is 0. The Morgan fingerprint density at radius 2 is 1.28 bits per heavy atom. The number of amides is 1. The molecule has 1 amide bonds. The molecule has 3 nitrogen and oxygen atoms in total. The first kappa shape index (κ1) is 14.2. The molecule has 2 aromatic carbocycles. The molecule has 0 aliphatic heterocycles.